The van der Waals surface area contributed by atoms with E-state index in [1.807, 2.05) is 23.6 Å². The molecular formula is C26H37F2N9O4S. The summed E-state index contributed by atoms with van der Waals surface area (Å²) in [7, 11) is -1.98. The molecule has 0 bridgehead atoms. The zero-order chi connectivity index (χ0) is 29.9. The lowest BCUT2D eigenvalue weighted by Gasteiger charge is -2.35. The third-order valence-electron chi connectivity index (χ3n) is 7.66. The third-order valence-corrected chi connectivity index (χ3v) is 9.51. The number of alkyl halides is 2. The Morgan fingerprint density at radius 3 is 2.14 bits per heavy atom. The maximum Gasteiger partial charge on any atom is 0.296 e. The number of hydrogen-bond acceptors (Lipinski definition) is 11. The number of para-hydroxylation sites is 1. The van der Waals surface area contributed by atoms with Crippen molar-refractivity contribution in [3.8, 4) is 11.7 Å². The molecule has 2 fully saturated rings. The van der Waals surface area contributed by atoms with Crippen molar-refractivity contribution in [3.05, 3.63) is 24.0 Å². The van der Waals surface area contributed by atoms with Crippen molar-refractivity contribution in [1.82, 2.24) is 33.7 Å². The molecule has 0 saturated carbocycles. The average Bonchev–Trinajstić information content (AvgIpc) is 3.42. The minimum Gasteiger partial charge on any atom is -0.494 e. The van der Waals surface area contributed by atoms with E-state index in [1.54, 1.807) is 18.2 Å². The fourth-order valence-corrected chi connectivity index (χ4v) is 6.65. The summed E-state index contributed by atoms with van der Waals surface area (Å²) in [5.74, 6) is 0.517. The number of halogens is 2. The van der Waals surface area contributed by atoms with Crippen LogP contribution in [0.4, 0.5) is 20.7 Å². The largest absolute Gasteiger partial charge is 0.494 e. The number of rotatable bonds is 11. The molecule has 0 aliphatic carbocycles. The van der Waals surface area contributed by atoms with Gasteiger partial charge in [-0.2, -0.15) is 19.3 Å². The third kappa shape index (κ3) is 6.26. The van der Waals surface area contributed by atoms with Crippen molar-refractivity contribution >= 4 is 33.0 Å². The molecule has 2 aliphatic rings. The van der Waals surface area contributed by atoms with Crippen LogP contribution in [0.3, 0.4) is 0 Å². The Kier molecular flexibility index (Phi) is 9.35. The van der Waals surface area contributed by atoms with Crippen LogP contribution >= 0.6 is 0 Å². The monoisotopic (exact) mass is 609 g/mol. The van der Waals surface area contributed by atoms with E-state index in [2.05, 4.69) is 19.9 Å². The molecule has 2 saturated heterocycles. The zero-order valence-corrected chi connectivity index (χ0v) is 24.9. The van der Waals surface area contributed by atoms with Crippen LogP contribution in [0.5, 0.6) is 5.75 Å². The van der Waals surface area contributed by atoms with Crippen molar-refractivity contribution in [2.75, 3.05) is 94.8 Å². The molecule has 0 atom stereocenters. The molecule has 5 rings (SSSR count). The Morgan fingerprint density at radius 1 is 0.929 bits per heavy atom. The average molecular weight is 610 g/mol. The Labute approximate surface area is 244 Å². The standard InChI is InChI=1S/C26H37F2N9O4S/c1-4-33(5-2)15-18-42(38,39)36-11-9-34(10-12-36)24-30-25(35-13-16-41-17-14-35)32-26(31-24)37-19-7-6-8-20(40-3)21(19)29-23(37)22(27)28/h6-8,22H,4-5,9-18H2,1-3H3. The molecule has 1 aromatic carbocycles. The molecule has 0 spiro atoms. The van der Waals surface area contributed by atoms with E-state index in [0.29, 0.717) is 63.2 Å². The number of nitrogens with zero attached hydrogens (tertiary/aromatic N) is 9. The van der Waals surface area contributed by atoms with Gasteiger partial charge in [-0.1, -0.05) is 19.9 Å². The number of aromatic nitrogens is 5. The van der Waals surface area contributed by atoms with Crippen molar-refractivity contribution in [2.45, 2.75) is 20.3 Å². The summed E-state index contributed by atoms with van der Waals surface area (Å²) in [6, 6.07) is 5.01. The van der Waals surface area contributed by atoms with Crippen LogP contribution in [0.15, 0.2) is 18.2 Å². The highest BCUT2D eigenvalue weighted by molar-refractivity contribution is 7.89. The molecule has 3 aromatic rings. The molecule has 2 aliphatic heterocycles. The predicted octanol–water partition coefficient (Wildman–Crippen LogP) is 1.79. The number of imidazole rings is 1. The van der Waals surface area contributed by atoms with Gasteiger partial charge in [0.05, 0.1) is 31.6 Å². The molecule has 4 heterocycles. The summed E-state index contributed by atoms with van der Waals surface area (Å²) >= 11 is 0. The molecule has 0 unspecified atom stereocenters. The number of sulfonamides is 1. The second kappa shape index (κ2) is 13.0. The van der Waals surface area contributed by atoms with Gasteiger partial charge in [0.15, 0.2) is 5.82 Å². The molecule has 0 radical (unpaired) electrons. The van der Waals surface area contributed by atoms with Crippen LogP contribution in [0.1, 0.15) is 26.1 Å². The highest BCUT2D eigenvalue weighted by atomic mass is 32.2. The van der Waals surface area contributed by atoms with Gasteiger partial charge in [0.2, 0.25) is 27.9 Å². The van der Waals surface area contributed by atoms with Crippen molar-refractivity contribution in [3.63, 3.8) is 0 Å². The van der Waals surface area contributed by atoms with Gasteiger partial charge < -0.3 is 24.2 Å². The summed E-state index contributed by atoms with van der Waals surface area (Å²) in [5.41, 5.74) is 0.646. The Balaban J connectivity index is 1.48. The Bertz CT molecular complexity index is 1470. The van der Waals surface area contributed by atoms with Crippen LogP contribution in [0, 0.1) is 0 Å². The van der Waals surface area contributed by atoms with Gasteiger partial charge >= 0.3 is 0 Å². The summed E-state index contributed by atoms with van der Waals surface area (Å²) in [6.45, 7) is 9.32. The number of anilines is 2. The van der Waals surface area contributed by atoms with E-state index in [1.165, 1.54) is 16.0 Å². The summed E-state index contributed by atoms with van der Waals surface area (Å²) in [5, 5.41) is 0. The van der Waals surface area contributed by atoms with E-state index in [9.17, 15) is 17.2 Å². The van der Waals surface area contributed by atoms with E-state index >= 15 is 0 Å². The Morgan fingerprint density at radius 2 is 1.55 bits per heavy atom. The van der Waals surface area contributed by atoms with E-state index in [0.717, 1.165) is 13.1 Å². The lowest BCUT2D eigenvalue weighted by molar-refractivity contribution is 0.122. The van der Waals surface area contributed by atoms with Gasteiger partial charge in [-0.25, -0.2) is 22.2 Å². The van der Waals surface area contributed by atoms with Crippen molar-refractivity contribution in [1.29, 1.82) is 0 Å². The van der Waals surface area contributed by atoms with Gasteiger partial charge in [0.1, 0.15) is 11.3 Å². The summed E-state index contributed by atoms with van der Waals surface area (Å²) in [6.07, 6.45) is -2.90. The lowest BCUT2D eigenvalue weighted by atomic mass is 10.3. The van der Waals surface area contributed by atoms with Crippen LogP contribution in [-0.2, 0) is 14.8 Å². The van der Waals surface area contributed by atoms with E-state index in [4.69, 9.17) is 14.5 Å². The summed E-state index contributed by atoms with van der Waals surface area (Å²) in [4.78, 5) is 24.0. The molecule has 230 valence electrons. The molecule has 42 heavy (non-hydrogen) atoms. The van der Waals surface area contributed by atoms with E-state index in [-0.39, 0.29) is 36.3 Å². The highest BCUT2D eigenvalue weighted by Crippen LogP contribution is 2.32. The first kappa shape index (κ1) is 30.3. The van der Waals surface area contributed by atoms with Gasteiger partial charge in [0, 0.05) is 45.8 Å². The van der Waals surface area contributed by atoms with Crippen LogP contribution in [0.2, 0.25) is 0 Å². The molecule has 0 amide bonds. The van der Waals surface area contributed by atoms with E-state index < -0.39 is 22.3 Å². The van der Waals surface area contributed by atoms with Crippen molar-refractivity contribution < 1.29 is 26.7 Å². The number of methoxy groups -OCH3 is 1. The first-order valence-corrected chi connectivity index (χ1v) is 15.7. The number of ether oxygens (including phenoxy) is 2. The quantitative estimate of drug-likeness (QED) is 0.316. The first-order chi connectivity index (χ1) is 20.2. The summed E-state index contributed by atoms with van der Waals surface area (Å²) < 4.78 is 68.3. The van der Waals surface area contributed by atoms with Gasteiger partial charge in [0.25, 0.3) is 6.43 Å². The van der Waals surface area contributed by atoms with Gasteiger partial charge in [-0.3, -0.25) is 4.57 Å². The van der Waals surface area contributed by atoms with Crippen molar-refractivity contribution in [2.24, 2.45) is 0 Å². The van der Waals surface area contributed by atoms with Crippen LogP contribution in [-0.4, -0.2) is 127 Å². The first-order valence-electron chi connectivity index (χ1n) is 14.1. The SMILES string of the molecule is CCN(CC)CCS(=O)(=O)N1CCN(c2nc(N3CCOCC3)nc(-n3c(C(F)F)nc4c(OC)cccc43)n2)CC1. The number of piperazine rings is 1. The predicted molar refractivity (Wildman–Crippen MR) is 154 cm³/mol. The molecule has 13 nitrogen and oxygen atoms in total. The van der Waals surface area contributed by atoms with Gasteiger partial charge in [-0.15, -0.1) is 0 Å². The minimum atomic E-state index is -3.44. The molecule has 0 N–H and O–H groups in total. The molecule has 2 aromatic heterocycles. The normalized spacial score (nSPS) is 17.1. The second-order valence-electron chi connectivity index (χ2n) is 10.00. The topological polar surface area (TPSA) is 122 Å². The fraction of sp³-hybridized carbons (Fsp3) is 0.615. The maximum atomic E-state index is 14.3. The number of hydrogen-bond donors (Lipinski definition) is 0. The number of morpholine rings is 1. The van der Waals surface area contributed by atoms with Crippen LogP contribution < -0.4 is 14.5 Å². The van der Waals surface area contributed by atoms with Gasteiger partial charge in [-0.05, 0) is 25.2 Å². The number of benzene rings is 1. The minimum absolute atomic E-state index is 0.00168. The zero-order valence-electron chi connectivity index (χ0n) is 24.1. The Hall–Kier alpha value is -3.21. The second-order valence-corrected chi connectivity index (χ2v) is 12.1. The molecular weight excluding hydrogens is 572 g/mol. The smallest absolute Gasteiger partial charge is 0.296 e. The molecule has 16 heteroatoms. The maximum absolute atomic E-state index is 14.3. The lowest BCUT2D eigenvalue weighted by Crippen LogP contribution is -2.50. The fourth-order valence-electron chi connectivity index (χ4n) is 5.18. The number of fused-ring (bicyclic) bond motifs is 1. The van der Waals surface area contributed by atoms with Crippen LogP contribution in [0.25, 0.3) is 17.0 Å². The highest BCUT2D eigenvalue weighted by Gasteiger charge is 2.30.